The molecular formula is C22H23NO4. The number of ether oxygens (including phenoxy) is 1. The van der Waals surface area contributed by atoms with Crippen LogP contribution in [0.4, 0.5) is 0 Å². The van der Waals surface area contributed by atoms with Gasteiger partial charge in [-0.25, -0.2) is 4.79 Å². The minimum atomic E-state index is -0.563. The molecule has 140 valence electrons. The van der Waals surface area contributed by atoms with Gasteiger partial charge in [-0.3, -0.25) is 9.59 Å². The van der Waals surface area contributed by atoms with E-state index in [9.17, 15) is 14.4 Å². The Morgan fingerprint density at radius 1 is 0.926 bits per heavy atom. The highest BCUT2D eigenvalue weighted by Gasteiger charge is 2.24. The third-order valence-corrected chi connectivity index (χ3v) is 4.87. The molecule has 0 aliphatic carbocycles. The van der Waals surface area contributed by atoms with Crippen LogP contribution in [-0.4, -0.2) is 41.8 Å². The smallest absolute Gasteiger partial charge is 0.338 e. The summed E-state index contributed by atoms with van der Waals surface area (Å²) in [5.41, 5.74) is 1.41. The van der Waals surface area contributed by atoms with Gasteiger partial charge in [0.25, 0.3) is 5.91 Å². The molecule has 1 saturated heterocycles. The van der Waals surface area contributed by atoms with Crippen molar-refractivity contribution in [3.8, 4) is 0 Å². The van der Waals surface area contributed by atoms with Crippen molar-refractivity contribution in [1.29, 1.82) is 0 Å². The molecular weight excluding hydrogens is 342 g/mol. The van der Waals surface area contributed by atoms with Crippen LogP contribution in [0.15, 0.2) is 54.6 Å². The third kappa shape index (κ3) is 4.61. The molecule has 1 aliphatic heterocycles. The van der Waals surface area contributed by atoms with Crippen molar-refractivity contribution in [1.82, 2.24) is 4.90 Å². The van der Waals surface area contributed by atoms with Gasteiger partial charge in [-0.1, -0.05) is 42.5 Å². The Balaban J connectivity index is 1.57. The van der Waals surface area contributed by atoms with Gasteiger partial charge in [0, 0.05) is 23.7 Å². The SMILES string of the molecule is C[C@H]1CCCCN1C(=O)COC(=O)c1ccc(C(=O)c2ccccc2)cc1. The Morgan fingerprint density at radius 3 is 2.22 bits per heavy atom. The molecule has 0 N–H and O–H groups in total. The van der Waals surface area contributed by atoms with E-state index in [0.717, 1.165) is 19.3 Å². The van der Waals surface area contributed by atoms with Crippen molar-refractivity contribution in [3.63, 3.8) is 0 Å². The first-order chi connectivity index (χ1) is 13.1. The average Bonchev–Trinajstić information content (AvgIpc) is 2.72. The fourth-order valence-electron chi connectivity index (χ4n) is 3.28. The predicted molar refractivity (Wildman–Crippen MR) is 102 cm³/mol. The molecule has 27 heavy (non-hydrogen) atoms. The molecule has 0 bridgehead atoms. The van der Waals surface area contributed by atoms with Gasteiger partial charge in [-0.15, -0.1) is 0 Å². The Labute approximate surface area is 158 Å². The minimum absolute atomic E-state index is 0.107. The quantitative estimate of drug-likeness (QED) is 0.601. The van der Waals surface area contributed by atoms with E-state index in [2.05, 4.69) is 0 Å². The van der Waals surface area contributed by atoms with Crippen LogP contribution in [0.1, 0.15) is 52.5 Å². The van der Waals surface area contributed by atoms with Gasteiger partial charge in [0.05, 0.1) is 5.56 Å². The summed E-state index contributed by atoms with van der Waals surface area (Å²) >= 11 is 0. The highest BCUT2D eigenvalue weighted by Crippen LogP contribution is 2.17. The maximum absolute atomic E-state index is 12.4. The highest BCUT2D eigenvalue weighted by molar-refractivity contribution is 6.09. The molecule has 1 aliphatic rings. The van der Waals surface area contributed by atoms with Gasteiger partial charge < -0.3 is 9.64 Å². The van der Waals surface area contributed by atoms with Gasteiger partial charge in [0.15, 0.2) is 12.4 Å². The molecule has 0 radical (unpaired) electrons. The van der Waals surface area contributed by atoms with Gasteiger partial charge in [0.2, 0.25) is 0 Å². The lowest BCUT2D eigenvalue weighted by atomic mass is 10.0. The van der Waals surface area contributed by atoms with Crippen LogP contribution in [0.25, 0.3) is 0 Å². The van der Waals surface area contributed by atoms with E-state index < -0.39 is 5.97 Å². The number of hydrogen-bond donors (Lipinski definition) is 0. The zero-order valence-corrected chi connectivity index (χ0v) is 15.4. The van der Waals surface area contributed by atoms with E-state index in [4.69, 9.17) is 4.74 Å². The van der Waals surface area contributed by atoms with Crippen molar-refractivity contribution in [2.24, 2.45) is 0 Å². The first-order valence-electron chi connectivity index (χ1n) is 9.22. The zero-order chi connectivity index (χ0) is 19.2. The second-order valence-corrected chi connectivity index (χ2v) is 6.78. The number of ketones is 1. The predicted octanol–water partition coefficient (Wildman–Crippen LogP) is 3.48. The Morgan fingerprint density at radius 2 is 1.56 bits per heavy atom. The van der Waals surface area contributed by atoms with Gasteiger partial charge in [0.1, 0.15) is 0 Å². The van der Waals surface area contributed by atoms with E-state index in [1.54, 1.807) is 53.4 Å². The fourth-order valence-corrected chi connectivity index (χ4v) is 3.28. The standard InChI is InChI=1S/C22H23NO4/c1-16-7-5-6-14-23(16)20(24)15-27-22(26)19-12-10-18(11-13-19)21(25)17-8-3-2-4-9-17/h2-4,8-13,16H,5-7,14-15H2,1H3/t16-/m0/s1. The normalized spacial score (nSPS) is 16.6. The first-order valence-corrected chi connectivity index (χ1v) is 9.22. The summed E-state index contributed by atoms with van der Waals surface area (Å²) in [6.45, 7) is 2.48. The highest BCUT2D eigenvalue weighted by atomic mass is 16.5. The number of rotatable bonds is 5. The van der Waals surface area contributed by atoms with Crippen LogP contribution in [0.3, 0.4) is 0 Å². The molecule has 1 atom stereocenters. The zero-order valence-electron chi connectivity index (χ0n) is 15.4. The number of amides is 1. The van der Waals surface area contributed by atoms with Crippen molar-refractivity contribution in [2.75, 3.05) is 13.2 Å². The third-order valence-electron chi connectivity index (χ3n) is 4.87. The molecule has 0 aromatic heterocycles. The number of esters is 1. The molecule has 2 aromatic carbocycles. The lowest BCUT2D eigenvalue weighted by Gasteiger charge is -2.33. The van der Waals surface area contributed by atoms with Crippen LogP contribution in [-0.2, 0) is 9.53 Å². The molecule has 3 rings (SSSR count). The Kier molecular flexibility index (Phi) is 6.01. The first kappa shape index (κ1) is 18.8. The van der Waals surface area contributed by atoms with Crippen LogP contribution < -0.4 is 0 Å². The molecule has 0 spiro atoms. The summed E-state index contributed by atoms with van der Waals surface area (Å²) in [5.74, 6) is -0.831. The average molecular weight is 365 g/mol. The summed E-state index contributed by atoms with van der Waals surface area (Å²) in [5, 5.41) is 0. The van der Waals surface area contributed by atoms with Crippen molar-refractivity contribution < 1.29 is 19.1 Å². The second-order valence-electron chi connectivity index (χ2n) is 6.78. The van der Waals surface area contributed by atoms with Gasteiger partial charge >= 0.3 is 5.97 Å². The van der Waals surface area contributed by atoms with E-state index in [1.807, 2.05) is 13.0 Å². The summed E-state index contributed by atoms with van der Waals surface area (Å²) < 4.78 is 5.16. The summed E-state index contributed by atoms with van der Waals surface area (Å²) in [4.78, 5) is 38.6. The number of carbonyl (C=O) groups excluding carboxylic acids is 3. The molecule has 0 unspecified atom stereocenters. The molecule has 1 amide bonds. The van der Waals surface area contributed by atoms with Gasteiger partial charge in [-0.2, -0.15) is 0 Å². The monoisotopic (exact) mass is 365 g/mol. The van der Waals surface area contributed by atoms with E-state index >= 15 is 0 Å². The number of nitrogens with zero attached hydrogens (tertiary/aromatic N) is 1. The Hall–Kier alpha value is -2.95. The number of piperidine rings is 1. The summed E-state index contributed by atoms with van der Waals surface area (Å²) in [7, 11) is 0. The van der Waals surface area contributed by atoms with Crippen LogP contribution in [0, 0.1) is 0 Å². The molecule has 1 fully saturated rings. The second kappa shape index (κ2) is 8.62. The number of carbonyl (C=O) groups is 3. The topological polar surface area (TPSA) is 63.7 Å². The largest absolute Gasteiger partial charge is 0.452 e. The summed E-state index contributed by atoms with van der Waals surface area (Å²) in [6, 6.07) is 15.4. The van der Waals surface area contributed by atoms with Gasteiger partial charge in [-0.05, 0) is 38.3 Å². The van der Waals surface area contributed by atoms with Crippen molar-refractivity contribution in [3.05, 3.63) is 71.3 Å². The fraction of sp³-hybridized carbons (Fsp3) is 0.318. The summed E-state index contributed by atoms with van der Waals surface area (Å²) in [6.07, 6.45) is 3.09. The van der Waals surface area contributed by atoms with Crippen molar-refractivity contribution >= 4 is 17.7 Å². The number of likely N-dealkylation sites (tertiary alicyclic amines) is 1. The minimum Gasteiger partial charge on any atom is -0.452 e. The molecule has 5 nitrogen and oxygen atoms in total. The maximum Gasteiger partial charge on any atom is 0.338 e. The molecule has 2 aromatic rings. The van der Waals surface area contributed by atoms with E-state index in [0.29, 0.717) is 23.2 Å². The number of hydrogen-bond acceptors (Lipinski definition) is 4. The van der Waals surface area contributed by atoms with Crippen molar-refractivity contribution in [2.45, 2.75) is 32.2 Å². The van der Waals surface area contributed by atoms with Crippen LogP contribution >= 0.6 is 0 Å². The lowest BCUT2D eigenvalue weighted by Crippen LogP contribution is -2.44. The molecule has 5 heteroatoms. The lowest BCUT2D eigenvalue weighted by molar-refractivity contribution is -0.137. The number of benzene rings is 2. The molecule has 1 heterocycles. The van der Waals surface area contributed by atoms with Crippen LogP contribution in [0.5, 0.6) is 0 Å². The maximum atomic E-state index is 12.4. The Bertz CT molecular complexity index is 814. The molecule has 0 saturated carbocycles. The van der Waals surface area contributed by atoms with Crippen LogP contribution in [0.2, 0.25) is 0 Å². The van der Waals surface area contributed by atoms with E-state index in [-0.39, 0.29) is 24.3 Å². The van der Waals surface area contributed by atoms with E-state index in [1.165, 1.54) is 0 Å².